The molecule has 0 bridgehead atoms. The average Bonchev–Trinajstić information content (AvgIpc) is 2.63. The van der Waals surface area contributed by atoms with Gasteiger partial charge in [-0.25, -0.2) is 4.57 Å². The Balaban J connectivity index is 1.64. The van der Waals surface area contributed by atoms with Crippen molar-refractivity contribution in [1.29, 1.82) is 0 Å². The molecule has 1 aromatic carbocycles. The van der Waals surface area contributed by atoms with Gasteiger partial charge in [-0.05, 0) is 72.6 Å². The molecule has 0 saturated heterocycles. The molecule has 2 nitrogen and oxygen atoms in total. The van der Waals surface area contributed by atoms with Gasteiger partial charge in [0.1, 0.15) is 0 Å². The van der Waals surface area contributed by atoms with E-state index in [2.05, 4.69) is 71.8 Å². The lowest BCUT2D eigenvalue weighted by Crippen LogP contribution is -2.34. The van der Waals surface area contributed by atoms with E-state index in [1.807, 2.05) is 0 Å². The van der Waals surface area contributed by atoms with Gasteiger partial charge < -0.3 is 4.90 Å². The standard InChI is InChI=1S/C22H26N2S/c1-17(19-6-10-23(11-7-19)12-13-25)14-18-15-20-4-2-8-24-9-3-5-21(16-18)22(20)24/h6-7,10-11,14-16H,2-5,8-9,12-13H2,1H3/p+1. The molecule has 2 aliphatic rings. The summed E-state index contributed by atoms with van der Waals surface area (Å²) in [6.45, 7) is 5.65. The third-order valence-corrected chi connectivity index (χ3v) is 5.64. The fourth-order valence-electron chi connectivity index (χ4n) is 4.23. The summed E-state index contributed by atoms with van der Waals surface area (Å²) in [6.07, 6.45) is 11.7. The Morgan fingerprint density at radius 2 is 1.76 bits per heavy atom. The molecule has 25 heavy (non-hydrogen) atoms. The molecule has 0 fully saturated rings. The van der Waals surface area contributed by atoms with Crippen LogP contribution in [0.3, 0.4) is 0 Å². The Morgan fingerprint density at radius 3 is 2.36 bits per heavy atom. The van der Waals surface area contributed by atoms with E-state index in [9.17, 15) is 0 Å². The van der Waals surface area contributed by atoms with Crippen molar-refractivity contribution < 1.29 is 4.57 Å². The number of allylic oxidation sites excluding steroid dienone is 1. The van der Waals surface area contributed by atoms with E-state index in [-0.39, 0.29) is 0 Å². The zero-order chi connectivity index (χ0) is 17.2. The Morgan fingerprint density at radius 1 is 1.12 bits per heavy atom. The molecule has 0 amide bonds. The first-order valence-corrected chi connectivity index (χ1v) is 10.1. The highest BCUT2D eigenvalue weighted by molar-refractivity contribution is 7.80. The van der Waals surface area contributed by atoms with Crippen molar-refractivity contribution in [2.45, 2.75) is 39.2 Å². The molecule has 0 atom stereocenters. The number of nitrogens with zero attached hydrogens (tertiary/aromatic N) is 2. The summed E-state index contributed by atoms with van der Waals surface area (Å²) in [5.74, 6) is 0.869. The van der Waals surface area contributed by atoms with Crippen molar-refractivity contribution in [3.63, 3.8) is 0 Å². The summed E-state index contributed by atoms with van der Waals surface area (Å²) >= 11 is 4.30. The fraction of sp³-hybridized carbons (Fsp3) is 0.409. The van der Waals surface area contributed by atoms with Crippen molar-refractivity contribution in [3.05, 3.63) is 58.9 Å². The molecule has 0 saturated carbocycles. The summed E-state index contributed by atoms with van der Waals surface area (Å²) < 4.78 is 2.18. The number of hydrogen-bond acceptors (Lipinski definition) is 2. The minimum atomic E-state index is 0.869. The van der Waals surface area contributed by atoms with Gasteiger partial charge in [0.25, 0.3) is 0 Å². The topological polar surface area (TPSA) is 7.12 Å². The lowest BCUT2D eigenvalue weighted by molar-refractivity contribution is -0.692. The van der Waals surface area contributed by atoms with Gasteiger partial charge in [-0.1, -0.05) is 6.08 Å². The summed E-state index contributed by atoms with van der Waals surface area (Å²) in [5.41, 5.74) is 8.66. The summed E-state index contributed by atoms with van der Waals surface area (Å²) in [6, 6.07) is 9.26. The van der Waals surface area contributed by atoms with Crippen molar-refractivity contribution in [2.75, 3.05) is 23.7 Å². The van der Waals surface area contributed by atoms with E-state index >= 15 is 0 Å². The predicted octanol–water partition coefficient (Wildman–Crippen LogP) is 4.16. The summed E-state index contributed by atoms with van der Waals surface area (Å²) in [5, 5.41) is 0. The van der Waals surface area contributed by atoms with Gasteiger partial charge in [-0.3, -0.25) is 0 Å². The number of hydrogen-bond donors (Lipinski definition) is 1. The number of aromatic nitrogens is 1. The third-order valence-electron chi connectivity index (χ3n) is 5.44. The van der Waals surface area contributed by atoms with E-state index in [0.29, 0.717) is 0 Å². The second-order valence-corrected chi connectivity index (χ2v) is 7.70. The quantitative estimate of drug-likeness (QED) is 0.641. The van der Waals surface area contributed by atoms with Gasteiger partial charge in [0.05, 0.1) is 0 Å². The summed E-state index contributed by atoms with van der Waals surface area (Å²) in [4.78, 5) is 2.61. The Labute approximate surface area is 156 Å². The van der Waals surface area contributed by atoms with Crippen LogP contribution in [0.5, 0.6) is 0 Å². The maximum absolute atomic E-state index is 4.30. The Bertz CT molecular complexity index is 761. The van der Waals surface area contributed by atoms with Gasteiger partial charge in [0.15, 0.2) is 18.9 Å². The van der Waals surface area contributed by atoms with Crippen molar-refractivity contribution in [3.8, 4) is 0 Å². The van der Waals surface area contributed by atoms with Crippen LogP contribution in [0, 0.1) is 0 Å². The van der Waals surface area contributed by atoms with Crippen LogP contribution >= 0.6 is 12.6 Å². The maximum atomic E-state index is 4.30. The highest BCUT2D eigenvalue weighted by Gasteiger charge is 2.23. The monoisotopic (exact) mass is 351 g/mol. The molecule has 0 aliphatic carbocycles. The highest BCUT2D eigenvalue weighted by atomic mass is 32.1. The zero-order valence-electron chi connectivity index (χ0n) is 15.0. The van der Waals surface area contributed by atoms with Gasteiger partial charge in [-0.15, -0.1) is 0 Å². The number of pyridine rings is 1. The Hall–Kier alpha value is -1.74. The third kappa shape index (κ3) is 3.48. The molecule has 3 heteroatoms. The largest absolute Gasteiger partial charge is 0.371 e. The van der Waals surface area contributed by atoms with Crippen LogP contribution in [-0.2, 0) is 19.4 Å². The van der Waals surface area contributed by atoms with Crippen molar-refractivity contribution in [2.24, 2.45) is 0 Å². The van der Waals surface area contributed by atoms with Gasteiger partial charge in [0.2, 0.25) is 0 Å². The molecule has 130 valence electrons. The van der Waals surface area contributed by atoms with E-state index in [1.54, 1.807) is 16.8 Å². The predicted molar refractivity (Wildman–Crippen MR) is 109 cm³/mol. The van der Waals surface area contributed by atoms with Crippen LogP contribution in [0.25, 0.3) is 11.6 Å². The molecular formula is C22H27N2S+. The minimum Gasteiger partial charge on any atom is -0.371 e. The van der Waals surface area contributed by atoms with E-state index < -0.39 is 0 Å². The van der Waals surface area contributed by atoms with Crippen LogP contribution in [-0.4, -0.2) is 18.8 Å². The fourth-order valence-corrected chi connectivity index (χ4v) is 4.46. The normalized spacial score (nSPS) is 16.7. The van der Waals surface area contributed by atoms with Gasteiger partial charge in [-0.2, -0.15) is 12.6 Å². The average molecular weight is 352 g/mol. The first-order valence-electron chi connectivity index (χ1n) is 9.44. The summed E-state index contributed by atoms with van der Waals surface area (Å²) in [7, 11) is 0. The number of anilines is 1. The van der Waals surface area contributed by atoms with Crippen LogP contribution < -0.4 is 9.47 Å². The van der Waals surface area contributed by atoms with Crippen molar-refractivity contribution in [1.82, 2.24) is 0 Å². The molecule has 0 spiro atoms. The number of benzene rings is 1. The second kappa shape index (κ2) is 7.25. The molecule has 1 aromatic heterocycles. The number of aryl methyl sites for hydroxylation is 3. The van der Waals surface area contributed by atoms with E-state index in [4.69, 9.17) is 0 Å². The molecule has 2 aromatic rings. The van der Waals surface area contributed by atoms with Crippen LogP contribution in [0.4, 0.5) is 5.69 Å². The molecule has 4 rings (SSSR count). The molecule has 2 aliphatic heterocycles. The van der Waals surface area contributed by atoms with Crippen molar-refractivity contribution >= 4 is 30.0 Å². The first kappa shape index (κ1) is 16.7. The molecular weight excluding hydrogens is 324 g/mol. The molecule has 0 unspecified atom stereocenters. The lowest BCUT2D eigenvalue weighted by Gasteiger charge is -2.37. The maximum Gasteiger partial charge on any atom is 0.169 e. The molecule has 0 radical (unpaired) electrons. The highest BCUT2D eigenvalue weighted by Crippen LogP contribution is 2.36. The van der Waals surface area contributed by atoms with Crippen LogP contribution in [0.2, 0.25) is 0 Å². The molecule has 0 N–H and O–H groups in total. The van der Waals surface area contributed by atoms with Crippen LogP contribution in [0.15, 0.2) is 36.7 Å². The number of thiol groups is 1. The van der Waals surface area contributed by atoms with Crippen LogP contribution in [0.1, 0.15) is 42.0 Å². The van der Waals surface area contributed by atoms with Gasteiger partial charge in [0, 0.05) is 36.7 Å². The SMILES string of the molecule is C/C(=C\c1cc2c3c(c1)CCCN3CCC2)c1cc[n+](CCS)cc1. The van der Waals surface area contributed by atoms with E-state index in [0.717, 1.165) is 12.3 Å². The van der Waals surface area contributed by atoms with E-state index in [1.165, 1.54) is 55.5 Å². The Kier molecular flexibility index (Phi) is 4.85. The lowest BCUT2D eigenvalue weighted by atomic mass is 9.89. The zero-order valence-corrected chi connectivity index (χ0v) is 15.9. The smallest absolute Gasteiger partial charge is 0.169 e. The second-order valence-electron chi connectivity index (χ2n) is 7.26. The minimum absolute atomic E-state index is 0.869. The first-order chi connectivity index (χ1) is 12.2. The van der Waals surface area contributed by atoms with Gasteiger partial charge >= 0.3 is 0 Å². The molecule has 3 heterocycles. The number of rotatable bonds is 4.